The summed E-state index contributed by atoms with van der Waals surface area (Å²) < 4.78 is 41.1. The molecule has 136 valence electrons. The van der Waals surface area contributed by atoms with Crippen LogP contribution in [-0.4, -0.2) is 16.4 Å². The minimum atomic E-state index is -4.50. The summed E-state index contributed by atoms with van der Waals surface area (Å²) in [5.41, 5.74) is 0.425. The van der Waals surface area contributed by atoms with Crippen molar-refractivity contribution in [2.45, 2.75) is 25.9 Å². The van der Waals surface area contributed by atoms with E-state index < -0.39 is 17.3 Å². The van der Waals surface area contributed by atoms with Gasteiger partial charge in [0.05, 0.1) is 16.6 Å². The molecule has 3 aromatic rings. The molecule has 0 aliphatic carbocycles. The monoisotopic (exact) mass is 361 g/mol. The molecule has 0 unspecified atom stereocenters. The van der Waals surface area contributed by atoms with Crippen LogP contribution in [0.1, 0.15) is 30.9 Å². The van der Waals surface area contributed by atoms with Crippen molar-refractivity contribution in [1.29, 1.82) is 0 Å². The highest BCUT2D eigenvalue weighted by molar-refractivity contribution is 5.83. The molecule has 0 amide bonds. The lowest BCUT2D eigenvalue weighted by molar-refractivity contribution is -0.137. The molecule has 0 radical (unpaired) electrons. The van der Waals surface area contributed by atoms with Crippen LogP contribution in [0.3, 0.4) is 0 Å². The molecule has 0 saturated heterocycles. The van der Waals surface area contributed by atoms with Crippen LogP contribution in [-0.2, 0) is 6.18 Å². The highest BCUT2D eigenvalue weighted by Crippen LogP contribution is 2.34. The second-order valence-corrected chi connectivity index (χ2v) is 6.28. The average Bonchev–Trinajstić information content (AvgIpc) is 2.59. The predicted octanol–water partition coefficient (Wildman–Crippen LogP) is 4.55. The van der Waals surface area contributed by atoms with Crippen molar-refractivity contribution in [2.75, 3.05) is 12.4 Å². The number of nitrogens with zero attached hydrogens (tertiary/aromatic N) is 2. The minimum absolute atomic E-state index is 0.0976. The van der Waals surface area contributed by atoms with E-state index in [2.05, 4.69) is 10.3 Å². The lowest BCUT2D eigenvalue weighted by atomic mass is 9.92. The van der Waals surface area contributed by atoms with Crippen LogP contribution >= 0.6 is 0 Å². The van der Waals surface area contributed by atoms with E-state index in [0.29, 0.717) is 5.56 Å². The fraction of sp³-hybridized carbons (Fsp3) is 0.263. The maximum atomic E-state index is 13.2. The third-order valence-corrected chi connectivity index (χ3v) is 4.26. The molecule has 0 atom stereocenters. The van der Waals surface area contributed by atoms with E-state index in [9.17, 15) is 18.0 Å². The first-order chi connectivity index (χ1) is 12.2. The van der Waals surface area contributed by atoms with Gasteiger partial charge in [-0.25, -0.2) is 0 Å². The third-order valence-electron chi connectivity index (χ3n) is 4.26. The zero-order valence-electron chi connectivity index (χ0n) is 14.6. The van der Waals surface area contributed by atoms with Gasteiger partial charge in [0, 0.05) is 13.2 Å². The summed E-state index contributed by atoms with van der Waals surface area (Å²) in [6.45, 7) is 3.93. The SMILES string of the molecule is CNc1nc(=O)c(-c2ccccc2C(C)C)c2cc(C(F)(F)F)ccn12. The van der Waals surface area contributed by atoms with Crippen LogP contribution in [0.5, 0.6) is 0 Å². The van der Waals surface area contributed by atoms with Crippen molar-refractivity contribution in [1.82, 2.24) is 9.38 Å². The average molecular weight is 361 g/mol. The number of aromatic nitrogens is 2. The topological polar surface area (TPSA) is 46.4 Å². The molecule has 3 rings (SSSR count). The Hall–Kier alpha value is -2.83. The Kier molecular flexibility index (Phi) is 4.48. The molecule has 0 fully saturated rings. The van der Waals surface area contributed by atoms with E-state index >= 15 is 0 Å². The molecular formula is C19H18F3N3O. The summed E-state index contributed by atoms with van der Waals surface area (Å²) in [4.78, 5) is 16.7. The highest BCUT2D eigenvalue weighted by Gasteiger charge is 2.31. The molecule has 0 aliphatic rings. The van der Waals surface area contributed by atoms with E-state index in [4.69, 9.17) is 0 Å². The molecule has 7 heteroatoms. The van der Waals surface area contributed by atoms with Crippen molar-refractivity contribution < 1.29 is 13.2 Å². The molecule has 0 aliphatic heterocycles. The van der Waals surface area contributed by atoms with Gasteiger partial charge in [-0.05, 0) is 29.2 Å². The number of hydrogen-bond donors (Lipinski definition) is 1. The number of halogens is 3. The van der Waals surface area contributed by atoms with Crippen LogP contribution in [0.15, 0.2) is 47.4 Å². The van der Waals surface area contributed by atoms with Crippen LogP contribution in [0.2, 0.25) is 0 Å². The first-order valence-corrected chi connectivity index (χ1v) is 8.14. The quantitative estimate of drug-likeness (QED) is 0.745. The number of hydrogen-bond acceptors (Lipinski definition) is 3. The van der Waals surface area contributed by atoms with Crippen molar-refractivity contribution >= 4 is 11.5 Å². The van der Waals surface area contributed by atoms with Crippen LogP contribution in [0.25, 0.3) is 16.6 Å². The van der Waals surface area contributed by atoms with Gasteiger partial charge in [0.25, 0.3) is 5.56 Å². The molecule has 4 nitrogen and oxygen atoms in total. The molecule has 0 spiro atoms. The van der Waals surface area contributed by atoms with E-state index in [1.165, 1.54) is 10.6 Å². The summed E-state index contributed by atoms with van der Waals surface area (Å²) in [5, 5.41) is 2.76. The number of fused-ring (bicyclic) bond motifs is 1. The fourth-order valence-corrected chi connectivity index (χ4v) is 3.03. The van der Waals surface area contributed by atoms with Gasteiger partial charge in [-0.3, -0.25) is 9.20 Å². The fourth-order valence-electron chi connectivity index (χ4n) is 3.03. The molecule has 2 heterocycles. The normalized spacial score (nSPS) is 12.0. The van der Waals surface area contributed by atoms with Crippen LogP contribution in [0, 0.1) is 0 Å². The molecule has 26 heavy (non-hydrogen) atoms. The zero-order valence-corrected chi connectivity index (χ0v) is 14.6. The van der Waals surface area contributed by atoms with Crippen molar-refractivity contribution in [3.8, 4) is 11.1 Å². The van der Waals surface area contributed by atoms with Gasteiger partial charge in [-0.2, -0.15) is 18.2 Å². The maximum Gasteiger partial charge on any atom is 0.416 e. The summed E-state index contributed by atoms with van der Waals surface area (Å²) in [6.07, 6.45) is -3.23. The Morgan fingerprint density at radius 1 is 1.15 bits per heavy atom. The predicted molar refractivity (Wildman–Crippen MR) is 95.5 cm³/mol. The maximum absolute atomic E-state index is 13.2. The number of pyridine rings is 1. The third kappa shape index (κ3) is 3.05. The lowest BCUT2D eigenvalue weighted by Crippen LogP contribution is -2.18. The first-order valence-electron chi connectivity index (χ1n) is 8.14. The van der Waals surface area contributed by atoms with Gasteiger partial charge in [-0.1, -0.05) is 38.1 Å². The van der Waals surface area contributed by atoms with E-state index in [1.54, 1.807) is 19.2 Å². The Morgan fingerprint density at radius 2 is 1.85 bits per heavy atom. The second-order valence-electron chi connectivity index (χ2n) is 6.28. The van der Waals surface area contributed by atoms with Crippen molar-refractivity contribution in [2.24, 2.45) is 0 Å². The van der Waals surface area contributed by atoms with E-state index in [-0.39, 0.29) is 22.9 Å². The number of rotatable bonds is 3. The van der Waals surface area contributed by atoms with Gasteiger partial charge in [0.15, 0.2) is 0 Å². The largest absolute Gasteiger partial charge is 0.416 e. The van der Waals surface area contributed by atoms with Crippen molar-refractivity contribution in [3.05, 3.63) is 64.1 Å². The van der Waals surface area contributed by atoms with Gasteiger partial charge < -0.3 is 5.32 Å². The Balaban J connectivity index is 2.46. The molecule has 1 aromatic carbocycles. The molecule has 0 bridgehead atoms. The smallest absolute Gasteiger partial charge is 0.358 e. The summed E-state index contributed by atoms with van der Waals surface area (Å²) in [7, 11) is 1.56. The number of anilines is 1. The highest BCUT2D eigenvalue weighted by atomic mass is 19.4. The zero-order chi connectivity index (χ0) is 19.1. The molecule has 0 saturated carbocycles. The number of benzene rings is 1. The van der Waals surface area contributed by atoms with Crippen LogP contribution < -0.4 is 10.9 Å². The van der Waals surface area contributed by atoms with E-state index in [0.717, 1.165) is 17.7 Å². The number of nitrogens with one attached hydrogen (secondary N) is 1. The Bertz CT molecular complexity index is 1020. The summed E-state index contributed by atoms with van der Waals surface area (Å²) in [6, 6.07) is 9.18. The minimum Gasteiger partial charge on any atom is -0.358 e. The van der Waals surface area contributed by atoms with Gasteiger partial charge in [-0.15, -0.1) is 0 Å². The second kappa shape index (κ2) is 6.48. The molecular weight excluding hydrogens is 343 g/mol. The first kappa shape index (κ1) is 18.0. The standard InChI is InChI=1S/C19H18F3N3O/c1-11(2)13-6-4-5-7-14(13)16-15-10-12(19(20,21)22)8-9-25(15)18(23-3)24-17(16)26/h4-11H,1-3H3,(H,23,24,26). The number of alkyl halides is 3. The Morgan fingerprint density at radius 3 is 2.46 bits per heavy atom. The van der Waals surface area contributed by atoms with Gasteiger partial charge in [0.2, 0.25) is 5.95 Å². The van der Waals surface area contributed by atoms with Gasteiger partial charge >= 0.3 is 6.18 Å². The summed E-state index contributed by atoms with van der Waals surface area (Å²) in [5.74, 6) is 0.282. The molecule has 2 aromatic heterocycles. The van der Waals surface area contributed by atoms with Gasteiger partial charge in [0.1, 0.15) is 0 Å². The lowest BCUT2D eigenvalue weighted by Gasteiger charge is -2.17. The van der Waals surface area contributed by atoms with E-state index in [1.807, 2.05) is 26.0 Å². The van der Waals surface area contributed by atoms with Crippen LogP contribution in [0.4, 0.5) is 19.1 Å². The summed E-state index contributed by atoms with van der Waals surface area (Å²) >= 11 is 0. The molecule has 1 N–H and O–H groups in total. The van der Waals surface area contributed by atoms with Crippen molar-refractivity contribution in [3.63, 3.8) is 0 Å². The Labute approximate surface area is 148 Å².